The van der Waals surface area contributed by atoms with Gasteiger partial charge in [0.05, 0.1) is 11.3 Å². The fourth-order valence-electron chi connectivity index (χ4n) is 3.11. The topological polar surface area (TPSA) is 55.6 Å². The molecule has 0 saturated heterocycles. The van der Waals surface area contributed by atoms with Crippen LogP contribution in [0.15, 0.2) is 12.3 Å². The first-order chi connectivity index (χ1) is 10.2. The Bertz CT molecular complexity index is 626. The van der Waals surface area contributed by atoms with Crippen molar-refractivity contribution in [3.05, 3.63) is 23.7 Å². The van der Waals surface area contributed by atoms with E-state index in [1.807, 2.05) is 24.9 Å². The fourth-order valence-corrected chi connectivity index (χ4v) is 3.11. The third-order valence-electron chi connectivity index (χ3n) is 4.13. The van der Waals surface area contributed by atoms with E-state index in [0.29, 0.717) is 5.92 Å². The van der Waals surface area contributed by atoms with E-state index in [2.05, 4.69) is 28.4 Å². The highest BCUT2D eigenvalue weighted by Gasteiger charge is 2.21. The number of nitrogens with one attached hydrogen (secondary N) is 1. The SMILES string of the molecule is CCNc1cc(C2CCCC2)nc(-c2cn(C)nc2C)n1. The highest BCUT2D eigenvalue weighted by Crippen LogP contribution is 2.34. The largest absolute Gasteiger partial charge is 0.370 e. The minimum Gasteiger partial charge on any atom is -0.370 e. The molecule has 1 aliphatic rings. The summed E-state index contributed by atoms with van der Waals surface area (Å²) < 4.78 is 1.82. The molecule has 2 aromatic heterocycles. The van der Waals surface area contributed by atoms with Crippen LogP contribution >= 0.6 is 0 Å². The van der Waals surface area contributed by atoms with Crippen LogP contribution in [0.4, 0.5) is 5.82 Å². The van der Waals surface area contributed by atoms with Crippen molar-refractivity contribution in [2.24, 2.45) is 7.05 Å². The number of nitrogens with zero attached hydrogens (tertiary/aromatic N) is 4. The monoisotopic (exact) mass is 285 g/mol. The summed E-state index contributed by atoms with van der Waals surface area (Å²) in [6.45, 7) is 4.97. The maximum Gasteiger partial charge on any atom is 0.165 e. The minimum absolute atomic E-state index is 0.584. The summed E-state index contributed by atoms with van der Waals surface area (Å²) in [6.07, 6.45) is 7.11. The number of hydrogen-bond acceptors (Lipinski definition) is 4. The van der Waals surface area contributed by atoms with Crippen LogP contribution in [0.1, 0.15) is 49.9 Å². The Morgan fingerprint density at radius 2 is 2.05 bits per heavy atom. The van der Waals surface area contributed by atoms with Gasteiger partial charge in [-0.15, -0.1) is 0 Å². The van der Waals surface area contributed by atoms with E-state index in [1.54, 1.807) is 0 Å². The Morgan fingerprint density at radius 1 is 1.29 bits per heavy atom. The average Bonchev–Trinajstić information content (AvgIpc) is 3.08. The van der Waals surface area contributed by atoms with Crippen molar-refractivity contribution >= 4 is 5.82 Å². The van der Waals surface area contributed by atoms with Crippen molar-refractivity contribution in [1.82, 2.24) is 19.7 Å². The maximum atomic E-state index is 4.84. The molecule has 0 atom stereocenters. The zero-order chi connectivity index (χ0) is 14.8. The van der Waals surface area contributed by atoms with Gasteiger partial charge in [0.25, 0.3) is 0 Å². The highest BCUT2D eigenvalue weighted by atomic mass is 15.3. The van der Waals surface area contributed by atoms with Crippen LogP contribution in [-0.2, 0) is 7.05 Å². The predicted octanol–water partition coefficient (Wildman–Crippen LogP) is 3.27. The lowest BCUT2D eigenvalue weighted by atomic mass is 10.0. The lowest BCUT2D eigenvalue weighted by Crippen LogP contribution is -2.06. The molecule has 0 aromatic carbocycles. The summed E-state index contributed by atoms with van der Waals surface area (Å²) in [6, 6.07) is 2.12. The third kappa shape index (κ3) is 2.91. The van der Waals surface area contributed by atoms with Crippen LogP contribution < -0.4 is 5.32 Å². The zero-order valence-corrected chi connectivity index (χ0v) is 13.1. The number of rotatable bonds is 4. The first-order valence-corrected chi connectivity index (χ1v) is 7.81. The van der Waals surface area contributed by atoms with E-state index in [1.165, 1.54) is 31.4 Å². The van der Waals surface area contributed by atoms with E-state index in [9.17, 15) is 0 Å². The Morgan fingerprint density at radius 3 is 2.67 bits per heavy atom. The standard InChI is InChI=1S/C16H23N5/c1-4-17-15-9-14(12-7-5-6-8-12)18-16(19-15)13-10-21(3)20-11(13)2/h9-10,12H,4-8H2,1-3H3,(H,17,18,19). The molecule has 1 saturated carbocycles. The van der Waals surface area contributed by atoms with Gasteiger partial charge in [0.2, 0.25) is 0 Å². The van der Waals surface area contributed by atoms with Gasteiger partial charge in [-0.3, -0.25) is 4.68 Å². The normalized spacial score (nSPS) is 15.6. The quantitative estimate of drug-likeness (QED) is 0.936. The molecule has 3 rings (SSSR count). The van der Waals surface area contributed by atoms with Gasteiger partial charge in [0.15, 0.2) is 5.82 Å². The summed E-state index contributed by atoms with van der Waals surface area (Å²) in [5, 5.41) is 7.74. The highest BCUT2D eigenvalue weighted by molar-refractivity contribution is 5.59. The molecule has 2 aromatic rings. The van der Waals surface area contributed by atoms with Crippen LogP contribution in [0, 0.1) is 6.92 Å². The molecule has 112 valence electrons. The first-order valence-electron chi connectivity index (χ1n) is 7.81. The summed E-state index contributed by atoms with van der Waals surface area (Å²) >= 11 is 0. The van der Waals surface area contributed by atoms with Crippen LogP contribution in [-0.4, -0.2) is 26.3 Å². The molecular weight excluding hydrogens is 262 g/mol. The smallest absolute Gasteiger partial charge is 0.165 e. The third-order valence-corrected chi connectivity index (χ3v) is 4.13. The van der Waals surface area contributed by atoms with Gasteiger partial charge < -0.3 is 5.32 Å². The fraction of sp³-hybridized carbons (Fsp3) is 0.562. The number of aromatic nitrogens is 4. The van der Waals surface area contributed by atoms with E-state index in [4.69, 9.17) is 4.98 Å². The van der Waals surface area contributed by atoms with Crippen molar-refractivity contribution in [2.45, 2.75) is 45.4 Å². The number of aryl methyl sites for hydroxylation is 2. The number of hydrogen-bond donors (Lipinski definition) is 1. The predicted molar refractivity (Wildman–Crippen MR) is 84.3 cm³/mol. The van der Waals surface area contributed by atoms with Crippen molar-refractivity contribution in [3.63, 3.8) is 0 Å². The summed E-state index contributed by atoms with van der Waals surface area (Å²) in [5.41, 5.74) is 3.18. The molecule has 0 unspecified atom stereocenters. The molecule has 1 fully saturated rings. The maximum absolute atomic E-state index is 4.84. The van der Waals surface area contributed by atoms with Crippen LogP contribution in [0.3, 0.4) is 0 Å². The zero-order valence-electron chi connectivity index (χ0n) is 13.1. The molecule has 2 heterocycles. The van der Waals surface area contributed by atoms with Crippen LogP contribution in [0.25, 0.3) is 11.4 Å². The Balaban J connectivity index is 2.04. The van der Waals surface area contributed by atoms with Crippen LogP contribution in [0.5, 0.6) is 0 Å². The average molecular weight is 285 g/mol. The molecule has 21 heavy (non-hydrogen) atoms. The number of anilines is 1. The van der Waals surface area contributed by atoms with E-state index in [-0.39, 0.29) is 0 Å². The molecule has 0 spiro atoms. The molecule has 5 nitrogen and oxygen atoms in total. The molecular formula is C16H23N5. The second-order valence-corrected chi connectivity index (χ2v) is 5.82. The molecule has 1 N–H and O–H groups in total. The molecule has 0 radical (unpaired) electrons. The summed E-state index contributed by atoms with van der Waals surface area (Å²) in [7, 11) is 1.93. The molecule has 0 bridgehead atoms. The van der Waals surface area contributed by atoms with Crippen molar-refractivity contribution in [3.8, 4) is 11.4 Å². The van der Waals surface area contributed by atoms with Gasteiger partial charge in [-0.05, 0) is 26.7 Å². The first kappa shape index (κ1) is 14.0. The Labute approximate surface area is 125 Å². The molecule has 5 heteroatoms. The summed E-state index contributed by atoms with van der Waals surface area (Å²) in [4.78, 5) is 9.50. The lowest BCUT2D eigenvalue weighted by molar-refractivity contribution is 0.695. The molecule has 0 aliphatic heterocycles. The minimum atomic E-state index is 0.584. The van der Waals surface area contributed by atoms with Crippen molar-refractivity contribution in [2.75, 3.05) is 11.9 Å². The second kappa shape index (κ2) is 5.84. The van der Waals surface area contributed by atoms with Crippen LogP contribution in [0.2, 0.25) is 0 Å². The van der Waals surface area contributed by atoms with Gasteiger partial charge in [-0.2, -0.15) is 5.10 Å². The van der Waals surface area contributed by atoms with Crippen molar-refractivity contribution < 1.29 is 0 Å². The Kier molecular flexibility index (Phi) is 3.90. The van der Waals surface area contributed by atoms with Gasteiger partial charge in [0.1, 0.15) is 5.82 Å². The molecule has 0 amide bonds. The Hall–Kier alpha value is -1.91. The molecule has 1 aliphatic carbocycles. The summed E-state index contributed by atoms with van der Waals surface area (Å²) in [5.74, 6) is 2.30. The van der Waals surface area contributed by atoms with Gasteiger partial charge in [-0.1, -0.05) is 12.8 Å². The second-order valence-electron chi connectivity index (χ2n) is 5.82. The van der Waals surface area contributed by atoms with Crippen molar-refractivity contribution in [1.29, 1.82) is 0 Å². The van der Waals surface area contributed by atoms with Gasteiger partial charge in [0, 0.05) is 37.5 Å². The van der Waals surface area contributed by atoms with E-state index in [0.717, 1.165) is 29.4 Å². The van der Waals surface area contributed by atoms with Gasteiger partial charge >= 0.3 is 0 Å². The van der Waals surface area contributed by atoms with Gasteiger partial charge in [-0.25, -0.2) is 9.97 Å². The van der Waals surface area contributed by atoms with E-state index < -0.39 is 0 Å². The van der Waals surface area contributed by atoms with E-state index >= 15 is 0 Å². The lowest BCUT2D eigenvalue weighted by Gasteiger charge is -2.12.